The van der Waals surface area contributed by atoms with E-state index in [0.29, 0.717) is 13.1 Å². The number of halogens is 1. The molecule has 19 heavy (non-hydrogen) atoms. The number of likely N-dealkylation sites (N-methyl/N-ethyl adjacent to an activating group) is 1. The molecule has 1 aromatic rings. The van der Waals surface area contributed by atoms with Crippen LogP contribution in [0.3, 0.4) is 0 Å². The van der Waals surface area contributed by atoms with Gasteiger partial charge in [0.15, 0.2) is 0 Å². The summed E-state index contributed by atoms with van der Waals surface area (Å²) >= 11 is 6.00. The summed E-state index contributed by atoms with van der Waals surface area (Å²) in [7, 11) is 0. The highest BCUT2D eigenvalue weighted by molar-refractivity contribution is 6.30. The predicted molar refractivity (Wildman–Crippen MR) is 77.2 cm³/mol. The number of carbonyl (C=O) groups excluding carboxylic acids is 1. The monoisotopic (exact) mass is 281 g/mol. The van der Waals surface area contributed by atoms with Crippen LogP contribution in [0.1, 0.15) is 12.5 Å². The molecule has 104 valence electrons. The second-order valence-electron chi connectivity index (χ2n) is 4.71. The molecule has 2 N–H and O–H groups in total. The topological polar surface area (TPSA) is 44.4 Å². The van der Waals surface area contributed by atoms with Crippen LogP contribution in [0.15, 0.2) is 24.3 Å². The van der Waals surface area contributed by atoms with E-state index in [-0.39, 0.29) is 11.9 Å². The van der Waals surface area contributed by atoms with Gasteiger partial charge in [-0.05, 0) is 24.6 Å². The summed E-state index contributed by atoms with van der Waals surface area (Å²) in [5.74, 6) is 0.0942. The SMILES string of the molecule is CCNC(=O)C1CNCCN1Cc1cccc(Cl)c1. The van der Waals surface area contributed by atoms with Crippen LogP contribution in [0, 0.1) is 0 Å². The molecule has 1 amide bonds. The molecule has 0 bridgehead atoms. The Bertz CT molecular complexity index is 438. The number of hydrogen-bond donors (Lipinski definition) is 2. The van der Waals surface area contributed by atoms with E-state index < -0.39 is 0 Å². The quantitative estimate of drug-likeness (QED) is 0.873. The van der Waals surface area contributed by atoms with Crippen molar-refractivity contribution in [2.75, 3.05) is 26.2 Å². The Morgan fingerprint density at radius 2 is 2.42 bits per heavy atom. The van der Waals surface area contributed by atoms with Crippen molar-refractivity contribution >= 4 is 17.5 Å². The zero-order chi connectivity index (χ0) is 13.7. The first kappa shape index (κ1) is 14.3. The molecule has 0 aromatic heterocycles. The maximum atomic E-state index is 12.0. The molecule has 1 unspecified atom stereocenters. The highest BCUT2D eigenvalue weighted by Crippen LogP contribution is 2.15. The lowest BCUT2D eigenvalue weighted by molar-refractivity contribution is -0.127. The van der Waals surface area contributed by atoms with Crippen LogP contribution in [-0.2, 0) is 11.3 Å². The van der Waals surface area contributed by atoms with Gasteiger partial charge in [0.25, 0.3) is 0 Å². The first-order valence-corrected chi connectivity index (χ1v) is 7.05. The van der Waals surface area contributed by atoms with E-state index in [0.717, 1.165) is 30.2 Å². The standard InChI is InChI=1S/C14H20ClN3O/c1-2-17-14(19)13-9-16-6-7-18(13)10-11-4-3-5-12(15)8-11/h3-5,8,13,16H,2,6-7,9-10H2,1H3,(H,17,19). The van der Waals surface area contributed by atoms with E-state index in [1.165, 1.54) is 0 Å². The van der Waals surface area contributed by atoms with E-state index in [4.69, 9.17) is 11.6 Å². The van der Waals surface area contributed by atoms with Gasteiger partial charge in [0.05, 0.1) is 0 Å². The molecule has 2 rings (SSSR count). The maximum Gasteiger partial charge on any atom is 0.238 e. The molecule has 0 saturated carbocycles. The molecule has 1 aliphatic rings. The molecular weight excluding hydrogens is 262 g/mol. The largest absolute Gasteiger partial charge is 0.355 e. The number of benzene rings is 1. The molecule has 1 heterocycles. The number of carbonyl (C=O) groups is 1. The molecule has 1 fully saturated rings. The fourth-order valence-electron chi connectivity index (χ4n) is 2.36. The Morgan fingerprint density at radius 3 is 3.16 bits per heavy atom. The summed E-state index contributed by atoms with van der Waals surface area (Å²) in [6, 6.07) is 7.71. The molecule has 1 aliphatic heterocycles. The molecule has 4 nitrogen and oxygen atoms in total. The summed E-state index contributed by atoms with van der Waals surface area (Å²) in [6.45, 7) is 5.84. The lowest BCUT2D eigenvalue weighted by Gasteiger charge is -2.35. The maximum absolute atomic E-state index is 12.0. The number of piperazine rings is 1. The third kappa shape index (κ3) is 3.93. The first-order chi connectivity index (χ1) is 9.20. The molecule has 5 heteroatoms. The van der Waals surface area contributed by atoms with Crippen LogP contribution < -0.4 is 10.6 Å². The number of nitrogens with zero attached hydrogens (tertiary/aromatic N) is 1. The van der Waals surface area contributed by atoms with Crippen molar-refractivity contribution in [3.05, 3.63) is 34.9 Å². The zero-order valence-electron chi connectivity index (χ0n) is 11.2. The predicted octanol–water partition coefficient (Wildman–Crippen LogP) is 1.25. The average Bonchev–Trinajstić information content (AvgIpc) is 2.39. The molecule has 0 spiro atoms. The fraction of sp³-hybridized carbons (Fsp3) is 0.500. The fourth-order valence-corrected chi connectivity index (χ4v) is 2.57. The Hall–Kier alpha value is -1.10. The van der Waals surface area contributed by atoms with Gasteiger partial charge in [-0.15, -0.1) is 0 Å². The van der Waals surface area contributed by atoms with E-state index >= 15 is 0 Å². The van der Waals surface area contributed by atoms with Gasteiger partial charge in [-0.2, -0.15) is 0 Å². The number of rotatable bonds is 4. The highest BCUT2D eigenvalue weighted by atomic mass is 35.5. The van der Waals surface area contributed by atoms with Gasteiger partial charge >= 0.3 is 0 Å². The summed E-state index contributed by atoms with van der Waals surface area (Å²) in [5, 5.41) is 6.91. The minimum absolute atomic E-state index is 0.0942. The van der Waals surface area contributed by atoms with Crippen LogP contribution in [0.25, 0.3) is 0 Å². The summed E-state index contributed by atoms with van der Waals surface area (Å²) in [5.41, 5.74) is 1.14. The van der Waals surface area contributed by atoms with Gasteiger partial charge in [0, 0.05) is 37.7 Å². The Kier molecular flexibility index (Phi) is 5.19. The van der Waals surface area contributed by atoms with Crippen LogP contribution in [0.5, 0.6) is 0 Å². The van der Waals surface area contributed by atoms with Crippen molar-refractivity contribution in [3.63, 3.8) is 0 Å². The van der Waals surface area contributed by atoms with Gasteiger partial charge in [0.1, 0.15) is 6.04 Å². The normalized spacial score (nSPS) is 20.2. The molecule has 1 aromatic carbocycles. The Morgan fingerprint density at radius 1 is 1.58 bits per heavy atom. The number of amides is 1. The zero-order valence-corrected chi connectivity index (χ0v) is 11.9. The van der Waals surface area contributed by atoms with Crippen LogP contribution in [-0.4, -0.2) is 43.0 Å². The van der Waals surface area contributed by atoms with Gasteiger partial charge in [-0.25, -0.2) is 0 Å². The van der Waals surface area contributed by atoms with Crippen molar-refractivity contribution in [1.82, 2.24) is 15.5 Å². The summed E-state index contributed by atoms with van der Waals surface area (Å²) in [4.78, 5) is 14.2. The highest BCUT2D eigenvalue weighted by Gasteiger charge is 2.27. The van der Waals surface area contributed by atoms with Gasteiger partial charge < -0.3 is 10.6 Å². The van der Waals surface area contributed by atoms with Crippen LogP contribution >= 0.6 is 11.6 Å². The molecule has 0 radical (unpaired) electrons. The second kappa shape index (κ2) is 6.89. The number of hydrogen-bond acceptors (Lipinski definition) is 3. The molecule has 0 aliphatic carbocycles. The minimum Gasteiger partial charge on any atom is -0.355 e. The van der Waals surface area contributed by atoms with Gasteiger partial charge in [-0.1, -0.05) is 23.7 Å². The van der Waals surface area contributed by atoms with E-state index in [9.17, 15) is 4.79 Å². The van der Waals surface area contributed by atoms with Crippen molar-refractivity contribution in [3.8, 4) is 0 Å². The van der Waals surface area contributed by atoms with Gasteiger partial charge in [-0.3, -0.25) is 9.69 Å². The average molecular weight is 282 g/mol. The Balaban J connectivity index is 2.05. The van der Waals surface area contributed by atoms with Crippen molar-refractivity contribution in [1.29, 1.82) is 0 Å². The lowest BCUT2D eigenvalue weighted by Crippen LogP contribution is -2.57. The summed E-state index contributed by atoms with van der Waals surface area (Å²) in [6.07, 6.45) is 0. The van der Waals surface area contributed by atoms with Crippen molar-refractivity contribution in [2.24, 2.45) is 0 Å². The van der Waals surface area contributed by atoms with Crippen LogP contribution in [0.2, 0.25) is 5.02 Å². The molecule has 1 saturated heterocycles. The second-order valence-corrected chi connectivity index (χ2v) is 5.15. The molecule has 1 atom stereocenters. The first-order valence-electron chi connectivity index (χ1n) is 6.67. The van der Waals surface area contributed by atoms with Crippen LogP contribution in [0.4, 0.5) is 0 Å². The third-order valence-electron chi connectivity index (χ3n) is 3.28. The van der Waals surface area contributed by atoms with Crippen molar-refractivity contribution < 1.29 is 4.79 Å². The lowest BCUT2D eigenvalue weighted by atomic mass is 10.1. The third-order valence-corrected chi connectivity index (χ3v) is 3.52. The van der Waals surface area contributed by atoms with E-state index in [1.807, 2.05) is 31.2 Å². The number of nitrogens with one attached hydrogen (secondary N) is 2. The Labute approximate surface area is 119 Å². The molecular formula is C14H20ClN3O. The minimum atomic E-state index is -0.104. The smallest absolute Gasteiger partial charge is 0.238 e. The van der Waals surface area contributed by atoms with E-state index in [2.05, 4.69) is 15.5 Å². The summed E-state index contributed by atoms with van der Waals surface area (Å²) < 4.78 is 0. The van der Waals surface area contributed by atoms with Gasteiger partial charge in [0.2, 0.25) is 5.91 Å². The van der Waals surface area contributed by atoms with Crippen molar-refractivity contribution in [2.45, 2.75) is 19.5 Å². The van der Waals surface area contributed by atoms with E-state index in [1.54, 1.807) is 0 Å².